The van der Waals surface area contributed by atoms with Crippen molar-refractivity contribution in [2.75, 3.05) is 0 Å². The van der Waals surface area contributed by atoms with Crippen LogP contribution in [0, 0.1) is 0 Å². The first kappa shape index (κ1) is 23.7. The van der Waals surface area contributed by atoms with Gasteiger partial charge in [0, 0.05) is 6.92 Å². The van der Waals surface area contributed by atoms with Gasteiger partial charge in [0.05, 0.1) is 0 Å². The summed E-state index contributed by atoms with van der Waals surface area (Å²) >= 11 is 0. The van der Waals surface area contributed by atoms with Crippen LogP contribution in [0.4, 0.5) is 0 Å². The Morgan fingerprint density at radius 1 is 1.04 bits per heavy atom. The standard InChI is InChI=1S/C8H15NO14S2/c1-3(11)9-8(2-10,23-25(19,20)21)6(14)4(12)5(13)7(15)22-24(16,17)18/h2,4-7,12-15H,1H3,(H,9,11)(H,16,17,18)(H,19,20,21)/t4-,5+,6+,7?,8-/m1/s1. The maximum atomic E-state index is 11.1. The van der Waals surface area contributed by atoms with E-state index in [1.54, 1.807) is 0 Å². The molecular weight excluding hydrogens is 398 g/mol. The first-order valence-electron chi connectivity index (χ1n) is 5.85. The molecule has 1 unspecified atom stereocenters. The molecule has 148 valence electrons. The van der Waals surface area contributed by atoms with Crippen molar-refractivity contribution in [1.82, 2.24) is 5.32 Å². The van der Waals surface area contributed by atoms with Crippen molar-refractivity contribution in [2.45, 2.75) is 37.3 Å². The fourth-order valence-corrected chi connectivity index (χ4v) is 2.39. The molecule has 0 heterocycles. The number of nitrogens with one attached hydrogen (secondary N) is 1. The predicted octanol–water partition coefficient (Wildman–Crippen LogP) is -4.94. The summed E-state index contributed by atoms with van der Waals surface area (Å²) in [4.78, 5) is 22.2. The van der Waals surface area contributed by atoms with Gasteiger partial charge in [-0.25, -0.2) is 8.37 Å². The maximum absolute atomic E-state index is 11.1. The lowest BCUT2D eigenvalue weighted by molar-refractivity contribution is -0.197. The Bertz CT molecular complexity index is 688. The largest absolute Gasteiger partial charge is 0.400 e. The second-order valence-corrected chi connectivity index (χ2v) is 6.51. The zero-order valence-corrected chi connectivity index (χ0v) is 13.8. The molecule has 0 aromatic rings. The zero-order chi connectivity index (χ0) is 20.2. The lowest BCUT2D eigenvalue weighted by Gasteiger charge is -2.35. The van der Waals surface area contributed by atoms with Crippen molar-refractivity contribution in [3.05, 3.63) is 0 Å². The van der Waals surface area contributed by atoms with E-state index in [0.29, 0.717) is 6.92 Å². The number of hydrogen-bond donors (Lipinski definition) is 7. The molecule has 25 heavy (non-hydrogen) atoms. The summed E-state index contributed by atoms with van der Waals surface area (Å²) in [5.74, 6) is -1.22. The molecule has 0 aliphatic rings. The minimum Gasteiger partial charge on any atom is -0.387 e. The van der Waals surface area contributed by atoms with Gasteiger partial charge < -0.3 is 25.7 Å². The third kappa shape index (κ3) is 7.64. The predicted molar refractivity (Wildman–Crippen MR) is 71.9 cm³/mol. The van der Waals surface area contributed by atoms with Crippen LogP contribution in [0.1, 0.15) is 6.92 Å². The average molecular weight is 413 g/mol. The van der Waals surface area contributed by atoms with E-state index in [-0.39, 0.29) is 0 Å². The van der Waals surface area contributed by atoms with Gasteiger partial charge in [-0.2, -0.15) is 16.8 Å². The smallest absolute Gasteiger partial charge is 0.387 e. The highest BCUT2D eigenvalue weighted by Gasteiger charge is 2.50. The molecule has 1 amide bonds. The van der Waals surface area contributed by atoms with Crippen LogP contribution in [-0.2, 0) is 38.8 Å². The third-order valence-electron chi connectivity index (χ3n) is 2.41. The van der Waals surface area contributed by atoms with Crippen molar-refractivity contribution < 1.29 is 64.3 Å². The SMILES string of the molecule is CC(=O)N[C@](C=O)(OS(=O)(=O)O)[C@@H](O)[C@H](O)[C@H](O)C(O)OS(=O)(=O)O. The van der Waals surface area contributed by atoms with E-state index in [1.807, 2.05) is 0 Å². The minimum atomic E-state index is -5.52. The Kier molecular flexibility index (Phi) is 7.97. The summed E-state index contributed by atoms with van der Waals surface area (Å²) in [5.41, 5.74) is -3.38. The normalized spacial score (nSPS) is 20.0. The molecule has 5 atom stereocenters. The maximum Gasteiger partial charge on any atom is 0.400 e. The molecule has 0 bridgehead atoms. The highest BCUT2D eigenvalue weighted by Crippen LogP contribution is 2.20. The van der Waals surface area contributed by atoms with Gasteiger partial charge in [-0.15, -0.1) is 0 Å². The van der Waals surface area contributed by atoms with Crippen LogP contribution in [0.2, 0.25) is 0 Å². The Morgan fingerprint density at radius 3 is 1.84 bits per heavy atom. The number of carbonyl (C=O) groups excluding carboxylic acids is 2. The fourth-order valence-electron chi connectivity index (χ4n) is 1.50. The van der Waals surface area contributed by atoms with Crippen molar-refractivity contribution in [1.29, 1.82) is 0 Å². The van der Waals surface area contributed by atoms with Crippen LogP contribution in [0.5, 0.6) is 0 Å². The van der Waals surface area contributed by atoms with Crippen LogP contribution >= 0.6 is 0 Å². The molecule has 0 saturated carbocycles. The first-order valence-corrected chi connectivity index (χ1v) is 8.59. The molecular formula is C8H15NO14S2. The summed E-state index contributed by atoms with van der Waals surface area (Å²) in [6.45, 7) is 0.706. The van der Waals surface area contributed by atoms with Gasteiger partial charge >= 0.3 is 20.8 Å². The van der Waals surface area contributed by atoms with E-state index >= 15 is 0 Å². The highest BCUT2D eigenvalue weighted by atomic mass is 32.3. The van der Waals surface area contributed by atoms with Crippen LogP contribution in [0.15, 0.2) is 0 Å². The van der Waals surface area contributed by atoms with Crippen molar-refractivity contribution in [2.24, 2.45) is 0 Å². The van der Waals surface area contributed by atoms with E-state index in [1.165, 1.54) is 5.32 Å². The lowest BCUT2D eigenvalue weighted by Crippen LogP contribution is -2.66. The van der Waals surface area contributed by atoms with E-state index in [4.69, 9.17) is 14.2 Å². The van der Waals surface area contributed by atoms with Crippen LogP contribution < -0.4 is 5.32 Å². The van der Waals surface area contributed by atoms with Crippen molar-refractivity contribution >= 4 is 33.0 Å². The first-order chi connectivity index (χ1) is 11.0. The van der Waals surface area contributed by atoms with Gasteiger partial charge in [0.15, 0.2) is 6.29 Å². The van der Waals surface area contributed by atoms with Crippen LogP contribution in [0.25, 0.3) is 0 Å². The zero-order valence-electron chi connectivity index (χ0n) is 12.2. The summed E-state index contributed by atoms with van der Waals surface area (Å²) in [5, 5.41) is 39.5. The highest BCUT2D eigenvalue weighted by molar-refractivity contribution is 7.81. The number of aldehydes is 1. The quantitative estimate of drug-likeness (QED) is 0.101. The number of amides is 1. The molecule has 17 heteroatoms. The Hall–Kier alpha value is -1.28. The minimum absolute atomic E-state index is 0.585. The number of aliphatic hydroxyl groups excluding tert-OH is 4. The Balaban J connectivity index is 5.71. The molecule has 0 spiro atoms. The topological polar surface area (TPSA) is 254 Å². The van der Waals surface area contributed by atoms with Gasteiger partial charge in [-0.05, 0) is 0 Å². The second-order valence-electron chi connectivity index (χ2n) is 4.44. The Labute approximate surface area is 140 Å². The number of hydrogen-bond acceptors (Lipinski definition) is 12. The molecule has 0 rings (SSSR count). The number of carbonyl (C=O) groups is 2. The Morgan fingerprint density at radius 2 is 1.52 bits per heavy atom. The molecule has 15 nitrogen and oxygen atoms in total. The summed E-state index contributed by atoms with van der Waals surface area (Å²) < 4.78 is 66.6. The average Bonchev–Trinajstić information content (AvgIpc) is 2.40. The van der Waals surface area contributed by atoms with Gasteiger partial charge in [0.1, 0.15) is 18.3 Å². The lowest BCUT2D eigenvalue weighted by atomic mass is 9.98. The van der Waals surface area contributed by atoms with Crippen molar-refractivity contribution in [3.63, 3.8) is 0 Å². The second kappa shape index (κ2) is 8.40. The molecule has 0 aliphatic carbocycles. The molecule has 0 saturated heterocycles. The monoisotopic (exact) mass is 413 g/mol. The molecule has 0 aromatic heterocycles. The molecule has 0 radical (unpaired) electrons. The van der Waals surface area contributed by atoms with E-state index in [2.05, 4.69) is 8.37 Å². The summed E-state index contributed by atoms with van der Waals surface area (Å²) in [6.07, 6.45) is -12.0. The molecule has 0 fully saturated rings. The van der Waals surface area contributed by atoms with Gasteiger partial charge in [-0.1, -0.05) is 0 Å². The van der Waals surface area contributed by atoms with E-state index < -0.39 is 63.3 Å². The molecule has 0 aromatic carbocycles. The molecule has 7 N–H and O–H groups in total. The number of rotatable bonds is 10. The van der Waals surface area contributed by atoms with E-state index in [9.17, 15) is 41.7 Å². The van der Waals surface area contributed by atoms with Crippen molar-refractivity contribution in [3.8, 4) is 0 Å². The van der Waals surface area contributed by atoms with E-state index in [0.717, 1.165) is 0 Å². The van der Waals surface area contributed by atoms with Gasteiger partial charge in [-0.3, -0.25) is 18.7 Å². The fraction of sp³-hybridized carbons (Fsp3) is 0.750. The van der Waals surface area contributed by atoms with Gasteiger partial charge in [0.2, 0.25) is 17.9 Å². The summed E-state index contributed by atoms with van der Waals surface area (Å²) in [6, 6.07) is 0. The van der Waals surface area contributed by atoms with Crippen LogP contribution in [0.3, 0.4) is 0 Å². The molecule has 0 aliphatic heterocycles. The third-order valence-corrected chi connectivity index (χ3v) is 3.34. The van der Waals surface area contributed by atoms with Gasteiger partial charge in [0.25, 0.3) is 0 Å². The number of aliphatic hydroxyl groups is 4. The van der Waals surface area contributed by atoms with Crippen LogP contribution in [-0.4, -0.2) is 88.9 Å². The summed E-state index contributed by atoms with van der Waals surface area (Å²) in [7, 11) is -10.8.